The van der Waals surface area contributed by atoms with E-state index in [0.717, 1.165) is 32.1 Å². The first-order valence-corrected chi connectivity index (χ1v) is 22.1. The summed E-state index contributed by atoms with van der Waals surface area (Å²) in [7, 11) is 0. The molecular weight excluding hydrogens is 660 g/mol. The van der Waals surface area contributed by atoms with Crippen LogP contribution in [0.2, 0.25) is 0 Å². The molecule has 1 saturated heterocycles. The molecule has 1 fully saturated rings. The summed E-state index contributed by atoms with van der Waals surface area (Å²) >= 11 is 0. The van der Waals surface area contributed by atoms with Crippen molar-refractivity contribution < 1.29 is 44.2 Å². The lowest BCUT2D eigenvalue weighted by atomic mass is 9.99. The second-order valence-electron chi connectivity index (χ2n) is 15.5. The normalized spacial score (nSPS) is 21.1. The molecule has 52 heavy (non-hydrogen) atoms. The summed E-state index contributed by atoms with van der Waals surface area (Å²) in [6.07, 6.45) is 29.9. The number of rotatable bonds is 38. The Kier molecular flexibility index (Phi) is 33.9. The Balaban J connectivity index is 2.21. The molecule has 1 rings (SSSR count). The van der Waals surface area contributed by atoms with E-state index in [1.165, 1.54) is 154 Å². The molecule has 1 aliphatic heterocycles. The molecule has 0 bridgehead atoms. The first kappa shape index (κ1) is 49.2. The number of unbranched alkanes of at least 4 members (excludes halogenated alkanes) is 27. The van der Waals surface area contributed by atoms with Gasteiger partial charge in [0.1, 0.15) is 30.5 Å². The van der Waals surface area contributed by atoms with Gasteiger partial charge in [0, 0.05) is 13.0 Å². The number of hydrogen-bond acceptors (Lipinski definition) is 9. The van der Waals surface area contributed by atoms with E-state index in [1.807, 2.05) is 0 Å². The van der Waals surface area contributed by atoms with E-state index in [1.54, 1.807) is 0 Å². The first-order valence-electron chi connectivity index (χ1n) is 22.1. The van der Waals surface area contributed by atoms with E-state index in [4.69, 9.17) is 18.9 Å². The maximum absolute atomic E-state index is 12.7. The number of aliphatic hydroxyl groups excluding tert-OH is 4. The van der Waals surface area contributed by atoms with E-state index < -0.39 is 43.4 Å². The SMILES string of the molecule is CCCCCCCCCCCCCCCCCCCCCOCC(COC1OC(CO)C(O)C(O)C1O)OC(=O)CCCCCCCCCCCC. The van der Waals surface area contributed by atoms with Gasteiger partial charge in [0.2, 0.25) is 0 Å². The first-order chi connectivity index (χ1) is 25.4. The molecule has 0 spiro atoms. The van der Waals surface area contributed by atoms with Gasteiger partial charge < -0.3 is 39.4 Å². The zero-order valence-corrected chi connectivity index (χ0v) is 33.8. The van der Waals surface area contributed by atoms with Crippen molar-refractivity contribution in [2.45, 2.75) is 243 Å². The van der Waals surface area contributed by atoms with Gasteiger partial charge >= 0.3 is 5.97 Å². The summed E-state index contributed by atoms with van der Waals surface area (Å²) in [5.41, 5.74) is 0. The van der Waals surface area contributed by atoms with E-state index in [2.05, 4.69) is 13.8 Å². The minimum Gasteiger partial charge on any atom is -0.457 e. The van der Waals surface area contributed by atoms with Gasteiger partial charge in [-0.05, 0) is 12.8 Å². The van der Waals surface area contributed by atoms with Crippen molar-refractivity contribution in [1.29, 1.82) is 0 Å². The quantitative estimate of drug-likeness (QED) is 0.0360. The van der Waals surface area contributed by atoms with Crippen LogP contribution in [0.3, 0.4) is 0 Å². The smallest absolute Gasteiger partial charge is 0.306 e. The van der Waals surface area contributed by atoms with Gasteiger partial charge in [0.25, 0.3) is 0 Å². The highest BCUT2D eigenvalue weighted by Crippen LogP contribution is 2.23. The van der Waals surface area contributed by atoms with Crippen molar-refractivity contribution in [3.05, 3.63) is 0 Å². The van der Waals surface area contributed by atoms with Crippen LogP contribution >= 0.6 is 0 Å². The third-order valence-electron chi connectivity index (χ3n) is 10.5. The zero-order chi connectivity index (χ0) is 37.9. The highest BCUT2D eigenvalue weighted by molar-refractivity contribution is 5.69. The Bertz CT molecular complexity index is 767. The standard InChI is InChI=1S/C43H84O9/c1-3-5-7-9-11-13-15-16-17-18-19-20-21-22-23-25-27-29-31-33-49-35-37(36-50-43-42(48)41(47)40(46)38(34-44)52-43)51-39(45)32-30-28-26-24-14-12-10-8-6-4-2/h37-38,40-44,46-48H,3-36H2,1-2H3. The third kappa shape index (κ3) is 26.9. The summed E-state index contributed by atoms with van der Waals surface area (Å²) in [5, 5.41) is 40.0. The van der Waals surface area contributed by atoms with Crippen molar-refractivity contribution in [2.75, 3.05) is 26.4 Å². The van der Waals surface area contributed by atoms with Crippen LogP contribution in [0.5, 0.6) is 0 Å². The number of esters is 1. The maximum Gasteiger partial charge on any atom is 0.306 e. The number of carbonyl (C=O) groups excluding carboxylic acids is 1. The fourth-order valence-corrected chi connectivity index (χ4v) is 7.02. The van der Waals surface area contributed by atoms with E-state index in [0.29, 0.717) is 13.0 Å². The molecule has 9 heteroatoms. The predicted molar refractivity (Wildman–Crippen MR) is 210 cm³/mol. The highest BCUT2D eigenvalue weighted by atomic mass is 16.7. The average molecular weight is 745 g/mol. The third-order valence-corrected chi connectivity index (χ3v) is 10.5. The van der Waals surface area contributed by atoms with Crippen molar-refractivity contribution in [2.24, 2.45) is 0 Å². The Morgan fingerprint density at radius 2 is 0.942 bits per heavy atom. The van der Waals surface area contributed by atoms with E-state index in [-0.39, 0.29) is 19.2 Å². The lowest BCUT2D eigenvalue weighted by molar-refractivity contribution is -0.305. The van der Waals surface area contributed by atoms with Crippen LogP contribution in [0.25, 0.3) is 0 Å². The largest absolute Gasteiger partial charge is 0.457 e. The number of aliphatic hydroxyl groups is 4. The molecular formula is C43H84O9. The molecule has 6 unspecified atom stereocenters. The molecule has 0 radical (unpaired) electrons. The van der Waals surface area contributed by atoms with Gasteiger partial charge in [-0.15, -0.1) is 0 Å². The highest BCUT2D eigenvalue weighted by Gasteiger charge is 2.44. The van der Waals surface area contributed by atoms with Crippen molar-refractivity contribution in [1.82, 2.24) is 0 Å². The van der Waals surface area contributed by atoms with Gasteiger partial charge in [0.15, 0.2) is 6.29 Å². The molecule has 1 aliphatic rings. The van der Waals surface area contributed by atoms with E-state index >= 15 is 0 Å². The van der Waals surface area contributed by atoms with Crippen LogP contribution in [-0.2, 0) is 23.7 Å². The second-order valence-corrected chi connectivity index (χ2v) is 15.5. The molecule has 0 aromatic rings. The van der Waals surface area contributed by atoms with Gasteiger partial charge in [-0.3, -0.25) is 4.79 Å². The molecule has 0 aromatic carbocycles. The predicted octanol–water partition coefficient (Wildman–Crippen LogP) is 9.47. The van der Waals surface area contributed by atoms with Gasteiger partial charge in [0.05, 0.1) is 19.8 Å². The molecule has 310 valence electrons. The number of ether oxygens (including phenoxy) is 4. The Morgan fingerprint density at radius 1 is 0.538 bits per heavy atom. The summed E-state index contributed by atoms with van der Waals surface area (Å²) in [6, 6.07) is 0. The topological polar surface area (TPSA) is 135 Å². The van der Waals surface area contributed by atoms with Crippen LogP contribution in [-0.4, -0.2) is 89.6 Å². The summed E-state index contributed by atoms with van der Waals surface area (Å²) in [4.78, 5) is 12.7. The molecule has 9 nitrogen and oxygen atoms in total. The molecule has 0 aromatic heterocycles. The van der Waals surface area contributed by atoms with Crippen LogP contribution in [0, 0.1) is 0 Å². The van der Waals surface area contributed by atoms with Crippen molar-refractivity contribution in [3.8, 4) is 0 Å². The van der Waals surface area contributed by atoms with Gasteiger partial charge in [-0.25, -0.2) is 0 Å². The van der Waals surface area contributed by atoms with Gasteiger partial charge in [-0.2, -0.15) is 0 Å². The van der Waals surface area contributed by atoms with Gasteiger partial charge in [-0.1, -0.05) is 187 Å². The molecule has 0 amide bonds. The monoisotopic (exact) mass is 745 g/mol. The van der Waals surface area contributed by atoms with Crippen LogP contribution in [0.4, 0.5) is 0 Å². The minimum atomic E-state index is -1.53. The van der Waals surface area contributed by atoms with Crippen LogP contribution in [0.1, 0.15) is 206 Å². The Morgan fingerprint density at radius 3 is 1.37 bits per heavy atom. The Hall–Kier alpha value is -0.810. The number of hydrogen-bond donors (Lipinski definition) is 4. The van der Waals surface area contributed by atoms with Crippen LogP contribution < -0.4 is 0 Å². The fourth-order valence-electron chi connectivity index (χ4n) is 7.02. The summed E-state index contributed by atoms with van der Waals surface area (Å²) in [6.45, 7) is 4.58. The summed E-state index contributed by atoms with van der Waals surface area (Å²) in [5.74, 6) is -0.311. The molecule has 6 atom stereocenters. The lowest BCUT2D eigenvalue weighted by Crippen LogP contribution is -2.59. The molecule has 0 aliphatic carbocycles. The Labute approximate surface area is 319 Å². The molecule has 0 saturated carbocycles. The lowest BCUT2D eigenvalue weighted by Gasteiger charge is -2.39. The average Bonchev–Trinajstić information content (AvgIpc) is 3.14. The van der Waals surface area contributed by atoms with E-state index in [9.17, 15) is 25.2 Å². The molecule has 4 N–H and O–H groups in total. The fraction of sp³-hybridized carbons (Fsp3) is 0.977. The van der Waals surface area contributed by atoms with Crippen LogP contribution in [0.15, 0.2) is 0 Å². The van der Waals surface area contributed by atoms with Crippen molar-refractivity contribution in [3.63, 3.8) is 0 Å². The number of carbonyl (C=O) groups is 1. The zero-order valence-electron chi connectivity index (χ0n) is 33.8. The second kappa shape index (κ2) is 35.9. The minimum absolute atomic E-state index is 0.106. The van der Waals surface area contributed by atoms with Crippen molar-refractivity contribution >= 4 is 5.97 Å². The maximum atomic E-state index is 12.7. The summed E-state index contributed by atoms with van der Waals surface area (Å²) < 4.78 is 22.8. The molecule has 1 heterocycles.